The average molecular weight is 483 g/mol. The number of benzene rings is 2. The van der Waals surface area contributed by atoms with E-state index < -0.39 is 23.4 Å². The summed E-state index contributed by atoms with van der Waals surface area (Å²) in [6, 6.07) is 6.43. The molecule has 0 saturated heterocycles. The van der Waals surface area contributed by atoms with E-state index in [1.165, 1.54) is 25.3 Å². The average Bonchev–Trinajstić information content (AvgIpc) is 2.83. The van der Waals surface area contributed by atoms with Crippen molar-refractivity contribution in [1.82, 2.24) is 15.3 Å². The Morgan fingerprint density at radius 3 is 2.69 bits per heavy atom. The van der Waals surface area contributed by atoms with E-state index in [0.717, 1.165) is 6.33 Å². The number of phenols is 1. The molecule has 1 atom stereocenters. The first-order valence-electron chi connectivity index (χ1n) is 10.2. The lowest BCUT2D eigenvalue weighted by Gasteiger charge is -2.20. The highest BCUT2D eigenvalue weighted by molar-refractivity contribution is 6.16. The zero-order valence-corrected chi connectivity index (χ0v) is 19.1. The number of hydrogen-bond donors (Lipinski definition) is 5. The van der Waals surface area contributed by atoms with Gasteiger partial charge in [0.2, 0.25) is 12.2 Å². The highest BCUT2D eigenvalue weighted by Gasteiger charge is 2.24. The monoisotopic (exact) mass is 483 g/mol. The normalized spacial score (nSPS) is 12.1. The summed E-state index contributed by atoms with van der Waals surface area (Å²) in [5, 5.41) is 23.9. The molecular formula is C23H23F2N7O3. The van der Waals surface area contributed by atoms with Crippen molar-refractivity contribution in [1.29, 1.82) is 5.41 Å². The number of carbonyl (C=O) groups excluding carboxylic acids is 1. The van der Waals surface area contributed by atoms with E-state index in [1.54, 1.807) is 26.0 Å². The highest BCUT2D eigenvalue weighted by atomic mass is 19.2. The van der Waals surface area contributed by atoms with Crippen molar-refractivity contribution in [2.24, 2.45) is 4.99 Å². The second-order valence-corrected chi connectivity index (χ2v) is 7.35. The van der Waals surface area contributed by atoms with Crippen molar-refractivity contribution in [3.8, 4) is 11.5 Å². The summed E-state index contributed by atoms with van der Waals surface area (Å²) in [5.74, 6) is -2.79. The maximum absolute atomic E-state index is 14.7. The van der Waals surface area contributed by atoms with Crippen LogP contribution in [0.3, 0.4) is 0 Å². The standard InChI is InChI=1S/C23H23F2N7O3/c1-11-14(5-4-6-15(11)34)32-22(30-10-33)12(2)31-23-17(21(27)28-9-29-23)20(26)13-7-8-16(35-3)19(25)18(13)24/h4-10,12,26,34H,1-3H3,(H,30,32,33)(H3,27,28,29,31). The number of amidine groups is 1. The molecule has 0 radical (unpaired) electrons. The summed E-state index contributed by atoms with van der Waals surface area (Å²) < 4.78 is 33.7. The molecule has 0 spiro atoms. The van der Waals surface area contributed by atoms with Crippen LogP contribution in [-0.4, -0.2) is 46.2 Å². The number of nitrogen functional groups attached to an aromatic ring is 1. The van der Waals surface area contributed by atoms with E-state index in [0.29, 0.717) is 17.7 Å². The summed E-state index contributed by atoms with van der Waals surface area (Å²) in [5.41, 5.74) is 5.95. The number of ether oxygens (including phenoxy) is 1. The molecule has 0 bridgehead atoms. The summed E-state index contributed by atoms with van der Waals surface area (Å²) in [7, 11) is 1.19. The van der Waals surface area contributed by atoms with E-state index in [-0.39, 0.29) is 40.1 Å². The maximum atomic E-state index is 14.7. The number of rotatable bonds is 8. The Morgan fingerprint density at radius 2 is 2.00 bits per heavy atom. The Morgan fingerprint density at radius 1 is 1.26 bits per heavy atom. The summed E-state index contributed by atoms with van der Waals surface area (Å²) in [6.07, 6.45) is 1.57. The zero-order valence-electron chi connectivity index (χ0n) is 19.1. The van der Waals surface area contributed by atoms with Crippen molar-refractivity contribution >= 4 is 35.3 Å². The van der Waals surface area contributed by atoms with Crippen LogP contribution in [0.1, 0.15) is 23.6 Å². The lowest BCUT2D eigenvalue weighted by atomic mass is 10.0. The number of hydrogen-bond acceptors (Lipinski definition) is 9. The van der Waals surface area contributed by atoms with Crippen LogP contribution in [0.5, 0.6) is 11.5 Å². The molecule has 0 aliphatic heterocycles. The number of halogens is 2. The third-order valence-corrected chi connectivity index (χ3v) is 5.15. The number of aromatic nitrogens is 2. The molecule has 0 aliphatic rings. The number of amides is 1. The largest absolute Gasteiger partial charge is 0.508 e. The van der Waals surface area contributed by atoms with Crippen LogP contribution in [-0.2, 0) is 4.79 Å². The van der Waals surface area contributed by atoms with Crippen molar-refractivity contribution in [2.45, 2.75) is 19.9 Å². The number of carbonyl (C=O) groups is 1. The minimum Gasteiger partial charge on any atom is -0.508 e. The van der Waals surface area contributed by atoms with Gasteiger partial charge < -0.3 is 26.2 Å². The zero-order chi connectivity index (χ0) is 25.7. The molecule has 0 fully saturated rings. The van der Waals surface area contributed by atoms with Gasteiger partial charge in [-0.25, -0.2) is 19.4 Å². The molecule has 1 heterocycles. The van der Waals surface area contributed by atoms with Crippen LogP contribution in [0, 0.1) is 24.0 Å². The molecule has 3 aromatic rings. The summed E-state index contributed by atoms with van der Waals surface area (Å²) in [4.78, 5) is 23.6. The SMILES string of the molecule is COc1ccc(C(=N)c2c(N)ncnc2NC(C)/C(=N/c2cccc(O)c2C)NC=O)c(F)c1F. The number of aromatic hydroxyl groups is 1. The summed E-state index contributed by atoms with van der Waals surface area (Å²) >= 11 is 0. The van der Waals surface area contributed by atoms with E-state index in [4.69, 9.17) is 15.9 Å². The van der Waals surface area contributed by atoms with Gasteiger partial charge >= 0.3 is 0 Å². The van der Waals surface area contributed by atoms with E-state index in [2.05, 4.69) is 25.6 Å². The van der Waals surface area contributed by atoms with Crippen molar-refractivity contribution in [2.75, 3.05) is 18.2 Å². The van der Waals surface area contributed by atoms with Crippen LogP contribution in [0.2, 0.25) is 0 Å². The predicted octanol–water partition coefficient (Wildman–Crippen LogP) is 3.05. The molecule has 1 aromatic heterocycles. The second kappa shape index (κ2) is 10.5. The van der Waals surface area contributed by atoms with E-state index in [1.807, 2.05) is 0 Å². The molecule has 12 heteroatoms. The van der Waals surface area contributed by atoms with Gasteiger partial charge in [0.1, 0.15) is 29.5 Å². The maximum Gasteiger partial charge on any atom is 0.212 e. The van der Waals surface area contributed by atoms with Crippen LogP contribution in [0.4, 0.5) is 26.1 Å². The fourth-order valence-corrected chi connectivity index (χ4v) is 3.22. The Balaban J connectivity index is 2.01. The number of methoxy groups -OCH3 is 1. The van der Waals surface area contributed by atoms with Gasteiger partial charge in [0.05, 0.1) is 30.1 Å². The van der Waals surface area contributed by atoms with Crippen molar-refractivity contribution in [3.05, 3.63) is 65.0 Å². The third-order valence-electron chi connectivity index (χ3n) is 5.15. The van der Waals surface area contributed by atoms with Crippen molar-refractivity contribution < 1.29 is 23.4 Å². The number of nitrogens with one attached hydrogen (secondary N) is 3. The Hall–Kier alpha value is -4.61. The Labute approximate surface area is 199 Å². The molecule has 3 rings (SSSR count). The molecular weight excluding hydrogens is 460 g/mol. The molecule has 0 aliphatic carbocycles. The Kier molecular flexibility index (Phi) is 7.54. The first kappa shape index (κ1) is 25.0. The minimum absolute atomic E-state index is 0.0265. The van der Waals surface area contributed by atoms with Gasteiger partial charge in [0, 0.05) is 11.1 Å². The van der Waals surface area contributed by atoms with Gasteiger partial charge in [-0.15, -0.1) is 0 Å². The molecule has 6 N–H and O–H groups in total. The predicted molar refractivity (Wildman–Crippen MR) is 128 cm³/mol. The number of phenolic OH excluding ortho intramolecular Hbond substituents is 1. The van der Waals surface area contributed by atoms with Crippen LogP contribution in [0.25, 0.3) is 0 Å². The van der Waals surface area contributed by atoms with Crippen molar-refractivity contribution in [3.63, 3.8) is 0 Å². The molecule has 35 heavy (non-hydrogen) atoms. The lowest BCUT2D eigenvalue weighted by molar-refractivity contribution is -0.108. The number of anilines is 2. The van der Waals surface area contributed by atoms with E-state index >= 15 is 0 Å². The molecule has 2 aromatic carbocycles. The number of nitrogens with zero attached hydrogens (tertiary/aromatic N) is 3. The van der Waals surface area contributed by atoms with Crippen LogP contribution in [0.15, 0.2) is 41.7 Å². The van der Waals surface area contributed by atoms with Gasteiger partial charge in [-0.1, -0.05) is 6.07 Å². The highest BCUT2D eigenvalue weighted by Crippen LogP contribution is 2.29. The molecule has 1 amide bonds. The minimum atomic E-state index is -1.29. The van der Waals surface area contributed by atoms with Gasteiger partial charge in [-0.05, 0) is 38.1 Å². The van der Waals surface area contributed by atoms with Crippen LogP contribution >= 0.6 is 0 Å². The van der Waals surface area contributed by atoms with Gasteiger partial charge in [0.25, 0.3) is 0 Å². The van der Waals surface area contributed by atoms with Gasteiger partial charge in [0.15, 0.2) is 11.6 Å². The summed E-state index contributed by atoms with van der Waals surface area (Å²) in [6.45, 7) is 3.31. The molecule has 182 valence electrons. The number of aliphatic imine (C=N–C) groups is 1. The number of nitrogens with two attached hydrogens (primary N) is 1. The molecule has 10 nitrogen and oxygen atoms in total. The second-order valence-electron chi connectivity index (χ2n) is 7.35. The lowest BCUT2D eigenvalue weighted by Crippen LogP contribution is -2.37. The Bertz CT molecular complexity index is 1310. The van der Waals surface area contributed by atoms with Gasteiger partial charge in [-0.2, -0.15) is 4.39 Å². The fraction of sp³-hybridized carbons (Fsp3) is 0.174. The van der Waals surface area contributed by atoms with Crippen LogP contribution < -0.4 is 21.1 Å². The quantitative estimate of drug-likeness (QED) is 0.187. The van der Waals surface area contributed by atoms with E-state index in [9.17, 15) is 18.7 Å². The fourth-order valence-electron chi connectivity index (χ4n) is 3.22. The molecule has 0 saturated carbocycles. The molecule has 1 unspecified atom stereocenters. The first-order chi connectivity index (χ1) is 16.7. The van der Waals surface area contributed by atoms with Gasteiger partial charge in [-0.3, -0.25) is 10.2 Å². The smallest absolute Gasteiger partial charge is 0.212 e. The third kappa shape index (κ3) is 5.16. The first-order valence-corrected chi connectivity index (χ1v) is 10.2. The topological polar surface area (TPSA) is 159 Å².